The molecule has 0 bridgehead atoms. The van der Waals surface area contributed by atoms with Crippen LogP contribution in [0.3, 0.4) is 0 Å². The number of nitrogens with zero attached hydrogens (tertiary/aromatic N) is 1. The van der Waals surface area contributed by atoms with Gasteiger partial charge in [-0.2, -0.15) is 5.48 Å². The van der Waals surface area contributed by atoms with Crippen LogP contribution in [0.15, 0.2) is 30.3 Å². The van der Waals surface area contributed by atoms with Gasteiger partial charge < -0.3 is 9.94 Å². The van der Waals surface area contributed by atoms with Gasteiger partial charge in [0.05, 0.1) is 19.3 Å². The highest BCUT2D eigenvalue weighted by Crippen LogP contribution is 2.14. The Morgan fingerprint density at radius 3 is 2.56 bits per heavy atom. The van der Waals surface area contributed by atoms with Gasteiger partial charge in [0, 0.05) is 19.6 Å². The monoisotopic (exact) mass is 222 g/mol. The average Bonchev–Trinajstić information content (AvgIpc) is 2.38. The number of ether oxygens (including phenoxy) is 1. The number of nitrogens with one attached hydrogen (secondary N) is 1. The highest BCUT2D eigenvalue weighted by molar-refractivity contribution is 5.18. The predicted molar refractivity (Wildman–Crippen MR) is 61.4 cm³/mol. The van der Waals surface area contributed by atoms with E-state index in [2.05, 4.69) is 10.4 Å². The molecule has 2 N–H and O–H groups in total. The lowest BCUT2D eigenvalue weighted by molar-refractivity contribution is 0.0209. The Balaban J connectivity index is 1.94. The Hall–Kier alpha value is -0.940. The van der Waals surface area contributed by atoms with Crippen LogP contribution in [0.4, 0.5) is 0 Å². The second kappa shape index (κ2) is 5.96. The summed E-state index contributed by atoms with van der Waals surface area (Å²) >= 11 is 0. The highest BCUT2D eigenvalue weighted by Gasteiger charge is 2.17. The lowest BCUT2D eigenvalue weighted by Crippen LogP contribution is -2.41. The Bertz CT molecular complexity index is 299. The number of hydroxylamine groups is 1. The van der Waals surface area contributed by atoms with E-state index in [1.165, 1.54) is 0 Å². The van der Waals surface area contributed by atoms with Gasteiger partial charge in [0.2, 0.25) is 0 Å². The molecule has 2 rings (SSSR count). The molecule has 1 aliphatic rings. The molecule has 0 radical (unpaired) electrons. The number of benzene rings is 1. The number of morpholine rings is 1. The molecule has 1 saturated heterocycles. The molecular formula is C12H18N2O2. The van der Waals surface area contributed by atoms with Crippen molar-refractivity contribution in [2.45, 2.75) is 6.04 Å². The van der Waals surface area contributed by atoms with Crippen molar-refractivity contribution in [2.24, 2.45) is 0 Å². The lowest BCUT2D eigenvalue weighted by atomic mass is 10.1. The minimum Gasteiger partial charge on any atom is -0.379 e. The van der Waals surface area contributed by atoms with Crippen molar-refractivity contribution in [3.05, 3.63) is 35.9 Å². The van der Waals surface area contributed by atoms with Gasteiger partial charge in [-0.25, -0.2) is 0 Å². The van der Waals surface area contributed by atoms with Crippen molar-refractivity contribution in [1.82, 2.24) is 10.4 Å². The summed E-state index contributed by atoms with van der Waals surface area (Å²) in [6.07, 6.45) is 0. The molecule has 0 aromatic heterocycles. The molecule has 1 fully saturated rings. The number of hydrogen-bond donors (Lipinski definition) is 2. The topological polar surface area (TPSA) is 44.7 Å². The van der Waals surface area contributed by atoms with E-state index in [0.717, 1.165) is 38.4 Å². The molecule has 88 valence electrons. The van der Waals surface area contributed by atoms with Gasteiger partial charge in [-0.15, -0.1) is 0 Å². The van der Waals surface area contributed by atoms with Gasteiger partial charge in [-0.1, -0.05) is 30.3 Å². The van der Waals surface area contributed by atoms with Crippen molar-refractivity contribution < 1.29 is 9.94 Å². The average molecular weight is 222 g/mol. The Labute approximate surface area is 95.8 Å². The summed E-state index contributed by atoms with van der Waals surface area (Å²) in [7, 11) is 0. The van der Waals surface area contributed by atoms with Gasteiger partial charge in [0.15, 0.2) is 0 Å². The van der Waals surface area contributed by atoms with Crippen LogP contribution < -0.4 is 5.48 Å². The van der Waals surface area contributed by atoms with Crippen molar-refractivity contribution in [2.75, 3.05) is 32.8 Å². The molecule has 1 unspecified atom stereocenters. The van der Waals surface area contributed by atoms with E-state index in [4.69, 9.17) is 4.74 Å². The Morgan fingerprint density at radius 1 is 1.25 bits per heavy atom. The van der Waals surface area contributed by atoms with Gasteiger partial charge in [-0.3, -0.25) is 4.90 Å². The molecule has 1 heterocycles. The van der Waals surface area contributed by atoms with Crippen LogP contribution >= 0.6 is 0 Å². The molecule has 16 heavy (non-hydrogen) atoms. The molecule has 0 saturated carbocycles. The van der Waals surface area contributed by atoms with E-state index in [0.29, 0.717) is 0 Å². The third-order valence-corrected chi connectivity index (χ3v) is 2.90. The smallest absolute Gasteiger partial charge is 0.0696 e. The normalized spacial score (nSPS) is 19.6. The summed E-state index contributed by atoms with van der Waals surface area (Å²) in [5.74, 6) is 0. The van der Waals surface area contributed by atoms with Crippen molar-refractivity contribution in [3.63, 3.8) is 0 Å². The fourth-order valence-electron chi connectivity index (χ4n) is 1.95. The maximum absolute atomic E-state index is 9.20. The van der Waals surface area contributed by atoms with Crippen molar-refractivity contribution in [3.8, 4) is 0 Å². The maximum atomic E-state index is 9.20. The molecular weight excluding hydrogens is 204 g/mol. The van der Waals surface area contributed by atoms with Gasteiger partial charge in [-0.05, 0) is 5.56 Å². The molecule has 1 aromatic carbocycles. The van der Waals surface area contributed by atoms with Gasteiger partial charge in [0.25, 0.3) is 0 Å². The molecule has 1 aliphatic heterocycles. The molecule has 1 aromatic rings. The zero-order chi connectivity index (χ0) is 11.2. The summed E-state index contributed by atoms with van der Waals surface area (Å²) in [5, 5.41) is 9.20. The van der Waals surface area contributed by atoms with E-state index in [-0.39, 0.29) is 6.04 Å². The van der Waals surface area contributed by atoms with E-state index in [1.807, 2.05) is 30.3 Å². The number of hydrogen-bond acceptors (Lipinski definition) is 4. The molecule has 0 aliphatic carbocycles. The SMILES string of the molecule is ONC(CN1CCOCC1)c1ccccc1. The van der Waals surface area contributed by atoms with Crippen molar-refractivity contribution in [1.29, 1.82) is 0 Å². The summed E-state index contributed by atoms with van der Waals surface area (Å²) in [5.41, 5.74) is 3.49. The molecule has 4 heteroatoms. The molecule has 1 atom stereocenters. The van der Waals surface area contributed by atoms with Crippen molar-refractivity contribution >= 4 is 0 Å². The fourth-order valence-corrected chi connectivity index (χ4v) is 1.95. The van der Waals surface area contributed by atoms with Crippen LogP contribution in [-0.4, -0.2) is 43.0 Å². The summed E-state index contributed by atoms with van der Waals surface area (Å²) < 4.78 is 5.30. The predicted octanol–water partition coefficient (Wildman–Crippen LogP) is 1.04. The largest absolute Gasteiger partial charge is 0.379 e. The van der Waals surface area contributed by atoms with Gasteiger partial charge >= 0.3 is 0 Å². The van der Waals surface area contributed by atoms with Crippen LogP contribution in [0.5, 0.6) is 0 Å². The van der Waals surface area contributed by atoms with E-state index < -0.39 is 0 Å². The summed E-state index contributed by atoms with van der Waals surface area (Å²) in [6.45, 7) is 4.25. The first-order chi connectivity index (χ1) is 7.90. The zero-order valence-corrected chi connectivity index (χ0v) is 9.30. The molecule has 0 amide bonds. The first kappa shape index (κ1) is 11.5. The maximum Gasteiger partial charge on any atom is 0.0696 e. The first-order valence-corrected chi connectivity index (χ1v) is 5.65. The standard InChI is InChI=1S/C12H18N2O2/c15-13-12(11-4-2-1-3-5-11)10-14-6-8-16-9-7-14/h1-5,12-13,15H,6-10H2. The van der Waals surface area contributed by atoms with Gasteiger partial charge in [0.1, 0.15) is 0 Å². The minimum absolute atomic E-state index is 0.0284. The molecule has 0 spiro atoms. The fraction of sp³-hybridized carbons (Fsp3) is 0.500. The van der Waals surface area contributed by atoms with Crippen LogP contribution in [0.2, 0.25) is 0 Å². The van der Waals surface area contributed by atoms with Crippen LogP contribution in [0.1, 0.15) is 11.6 Å². The summed E-state index contributed by atoms with van der Waals surface area (Å²) in [6, 6.07) is 9.96. The van der Waals surface area contributed by atoms with E-state index in [9.17, 15) is 5.21 Å². The quantitative estimate of drug-likeness (QED) is 0.747. The highest BCUT2D eigenvalue weighted by atomic mass is 16.5. The summed E-state index contributed by atoms with van der Waals surface area (Å²) in [4.78, 5) is 2.30. The van der Waals surface area contributed by atoms with Crippen LogP contribution in [0.25, 0.3) is 0 Å². The Morgan fingerprint density at radius 2 is 1.94 bits per heavy atom. The second-order valence-corrected chi connectivity index (χ2v) is 4.01. The van der Waals surface area contributed by atoms with E-state index in [1.54, 1.807) is 0 Å². The molecule has 4 nitrogen and oxygen atoms in total. The second-order valence-electron chi connectivity index (χ2n) is 4.01. The Kier molecular flexibility index (Phi) is 4.30. The number of rotatable bonds is 4. The zero-order valence-electron chi connectivity index (χ0n) is 9.30. The first-order valence-electron chi connectivity index (χ1n) is 5.65. The lowest BCUT2D eigenvalue weighted by Gasteiger charge is -2.30. The van der Waals surface area contributed by atoms with Crippen LogP contribution in [0, 0.1) is 0 Å². The van der Waals surface area contributed by atoms with Crippen LogP contribution in [-0.2, 0) is 4.74 Å². The third kappa shape index (κ3) is 3.02. The minimum atomic E-state index is -0.0284. The van der Waals surface area contributed by atoms with E-state index >= 15 is 0 Å². The third-order valence-electron chi connectivity index (χ3n) is 2.90.